The van der Waals surface area contributed by atoms with Crippen LogP contribution >= 0.6 is 0 Å². The van der Waals surface area contributed by atoms with Gasteiger partial charge in [0.1, 0.15) is 12.4 Å². The quantitative estimate of drug-likeness (QED) is 0.438. The van der Waals surface area contributed by atoms with E-state index in [0.717, 1.165) is 31.6 Å². The second-order valence-corrected chi connectivity index (χ2v) is 7.56. The zero-order chi connectivity index (χ0) is 22.6. The van der Waals surface area contributed by atoms with Gasteiger partial charge in [-0.25, -0.2) is 0 Å². The van der Waals surface area contributed by atoms with Gasteiger partial charge in [-0.1, -0.05) is 6.07 Å². The average molecular weight is 442 g/mol. The van der Waals surface area contributed by atoms with Crippen molar-refractivity contribution < 1.29 is 23.8 Å². The van der Waals surface area contributed by atoms with Gasteiger partial charge in [-0.2, -0.15) is 0 Å². The molecule has 3 rings (SSSR count). The molecule has 32 heavy (non-hydrogen) atoms. The molecular weight excluding hydrogens is 410 g/mol. The molecule has 0 radical (unpaired) electrons. The number of carbonyl (C=O) groups excluding carboxylic acids is 2. The van der Waals surface area contributed by atoms with Crippen LogP contribution in [0.4, 0.5) is 11.4 Å². The lowest BCUT2D eigenvalue weighted by atomic mass is 10.2. The first kappa shape index (κ1) is 23.6. The molecule has 8 heteroatoms. The first-order chi connectivity index (χ1) is 15.6. The molecule has 1 saturated heterocycles. The highest BCUT2D eigenvalue weighted by atomic mass is 16.5. The van der Waals surface area contributed by atoms with E-state index in [1.54, 1.807) is 37.4 Å². The van der Waals surface area contributed by atoms with Crippen LogP contribution in [-0.4, -0.2) is 57.9 Å². The molecule has 1 unspecified atom stereocenters. The van der Waals surface area contributed by atoms with Gasteiger partial charge in [0.2, 0.25) is 5.91 Å². The zero-order valence-electron chi connectivity index (χ0n) is 18.4. The first-order valence-electron chi connectivity index (χ1n) is 10.9. The summed E-state index contributed by atoms with van der Waals surface area (Å²) < 4.78 is 16.2. The maximum atomic E-state index is 12.3. The lowest BCUT2D eigenvalue weighted by Gasteiger charge is -2.12. The third-order valence-electron chi connectivity index (χ3n) is 4.99. The number of hydrogen-bond acceptors (Lipinski definition) is 6. The fourth-order valence-corrected chi connectivity index (χ4v) is 3.28. The minimum absolute atomic E-state index is 0.0795. The number of methoxy groups -OCH3 is 1. The summed E-state index contributed by atoms with van der Waals surface area (Å²) in [4.78, 5) is 24.5. The van der Waals surface area contributed by atoms with Crippen LogP contribution in [0.2, 0.25) is 0 Å². The van der Waals surface area contributed by atoms with E-state index in [9.17, 15) is 9.59 Å². The number of anilines is 2. The van der Waals surface area contributed by atoms with Crippen LogP contribution < -0.4 is 20.7 Å². The number of carbonyl (C=O) groups is 2. The lowest BCUT2D eigenvalue weighted by molar-refractivity contribution is -0.114. The maximum absolute atomic E-state index is 12.3. The summed E-state index contributed by atoms with van der Waals surface area (Å²) in [6.07, 6.45) is 3.03. The molecule has 3 N–H and O–H groups in total. The zero-order valence-corrected chi connectivity index (χ0v) is 18.4. The Morgan fingerprint density at radius 2 is 1.97 bits per heavy atom. The Kier molecular flexibility index (Phi) is 9.34. The topological polar surface area (TPSA) is 97.9 Å². The van der Waals surface area contributed by atoms with Crippen LogP contribution in [0.3, 0.4) is 0 Å². The second kappa shape index (κ2) is 12.7. The minimum Gasteiger partial charge on any atom is -0.491 e. The summed E-state index contributed by atoms with van der Waals surface area (Å²) in [7, 11) is 1.63. The highest BCUT2D eigenvalue weighted by Gasteiger charge is 2.16. The van der Waals surface area contributed by atoms with Crippen LogP contribution in [0, 0.1) is 0 Å². The SMILES string of the molecule is COCCCNC(=O)c1cccc(NCC(=O)Nc2ccc(OCC3CCCO3)cc2)c1. The van der Waals surface area contributed by atoms with Gasteiger partial charge in [0.15, 0.2) is 0 Å². The van der Waals surface area contributed by atoms with Gasteiger partial charge in [-0.15, -0.1) is 0 Å². The Labute approximate surface area is 188 Å². The molecule has 0 aromatic heterocycles. The van der Waals surface area contributed by atoms with E-state index in [4.69, 9.17) is 14.2 Å². The second-order valence-electron chi connectivity index (χ2n) is 7.56. The molecule has 1 aliphatic heterocycles. The van der Waals surface area contributed by atoms with Gasteiger partial charge < -0.3 is 30.2 Å². The summed E-state index contributed by atoms with van der Waals surface area (Å²) in [6.45, 7) is 2.57. The highest BCUT2D eigenvalue weighted by molar-refractivity contribution is 5.96. The van der Waals surface area contributed by atoms with Gasteiger partial charge in [-0.3, -0.25) is 9.59 Å². The molecule has 8 nitrogen and oxygen atoms in total. The van der Waals surface area contributed by atoms with E-state index in [1.165, 1.54) is 0 Å². The van der Waals surface area contributed by atoms with Crippen molar-refractivity contribution in [3.8, 4) is 5.75 Å². The number of ether oxygens (including phenoxy) is 3. The largest absolute Gasteiger partial charge is 0.491 e. The Morgan fingerprint density at radius 1 is 1.12 bits per heavy atom. The van der Waals surface area contributed by atoms with E-state index in [-0.39, 0.29) is 24.5 Å². The fourth-order valence-electron chi connectivity index (χ4n) is 3.28. The number of hydrogen-bond donors (Lipinski definition) is 3. The monoisotopic (exact) mass is 441 g/mol. The van der Waals surface area contributed by atoms with Gasteiger partial charge in [-0.05, 0) is 61.7 Å². The van der Waals surface area contributed by atoms with Crippen molar-refractivity contribution in [1.82, 2.24) is 5.32 Å². The molecule has 0 saturated carbocycles. The van der Waals surface area contributed by atoms with E-state index in [1.807, 2.05) is 18.2 Å². The Hall–Kier alpha value is -3.10. The number of benzene rings is 2. The molecule has 2 aromatic rings. The lowest BCUT2D eigenvalue weighted by Crippen LogP contribution is -2.25. The van der Waals surface area contributed by atoms with Crippen LogP contribution in [0.15, 0.2) is 48.5 Å². The summed E-state index contributed by atoms with van der Waals surface area (Å²) in [5.41, 5.74) is 1.92. The molecule has 0 spiro atoms. The summed E-state index contributed by atoms with van der Waals surface area (Å²) >= 11 is 0. The molecule has 2 aromatic carbocycles. The number of amides is 2. The molecular formula is C24H31N3O5. The van der Waals surface area contributed by atoms with Gasteiger partial charge >= 0.3 is 0 Å². The van der Waals surface area contributed by atoms with E-state index >= 15 is 0 Å². The van der Waals surface area contributed by atoms with Crippen LogP contribution in [0.25, 0.3) is 0 Å². The molecule has 0 bridgehead atoms. The molecule has 172 valence electrons. The Morgan fingerprint density at radius 3 is 2.72 bits per heavy atom. The maximum Gasteiger partial charge on any atom is 0.251 e. The van der Waals surface area contributed by atoms with E-state index in [0.29, 0.717) is 36.7 Å². The number of rotatable bonds is 12. The Bertz CT molecular complexity index is 866. The van der Waals surface area contributed by atoms with Gasteiger partial charge in [0, 0.05) is 43.8 Å². The van der Waals surface area contributed by atoms with Gasteiger partial charge in [0.25, 0.3) is 5.91 Å². The molecule has 1 atom stereocenters. The first-order valence-corrected chi connectivity index (χ1v) is 10.9. The van der Waals surface area contributed by atoms with E-state index in [2.05, 4.69) is 16.0 Å². The van der Waals surface area contributed by atoms with Crippen molar-refractivity contribution in [2.24, 2.45) is 0 Å². The van der Waals surface area contributed by atoms with Crippen LogP contribution in [0.1, 0.15) is 29.6 Å². The van der Waals surface area contributed by atoms with Crippen LogP contribution in [-0.2, 0) is 14.3 Å². The minimum atomic E-state index is -0.188. The summed E-state index contributed by atoms with van der Waals surface area (Å²) in [5, 5.41) is 8.73. The predicted molar refractivity (Wildman–Crippen MR) is 123 cm³/mol. The van der Waals surface area contributed by atoms with Crippen molar-refractivity contribution in [2.45, 2.75) is 25.4 Å². The predicted octanol–water partition coefficient (Wildman–Crippen LogP) is 3.06. The third-order valence-corrected chi connectivity index (χ3v) is 4.99. The molecule has 1 fully saturated rings. The summed E-state index contributed by atoms with van der Waals surface area (Å²) in [6, 6.07) is 14.3. The highest BCUT2D eigenvalue weighted by Crippen LogP contribution is 2.18. The van der Waals surface area contributed by atoms with Crippen molar-refractivity contribution in [2.75, 3.05) is 50.7 Å². The number of nitrogens with one attached hydrogen (secondary N) is 3. The standard InChI is InChI=1S/C24H31N3O5/c1-30-13-4-12-25-24(29)18-5-2-6-20(15-18)26-16-23(28)27-19-8-10-21(11-9-19)32-17-22-7-3-14-31-22/h2,5-6,8-11,15,22,26H,3-4,7,12-14,16-17H2,1H3,(H,25,29)(H,27,28). The molecule has 1 aliphatic rings. The Balaban J connectivity index is 1.41. The third kappa shape index (κ3) is 7.86. The summed E-state index contributed by atoms with van der Waals surface area (Å²) in [5.74, 6) is 0.400. The smallest absolute Gasteiger partial charge is 0.251 e. The fraction of sp³-hybridized carbons (Fsp3) is 0.417. The molecule has 0 aliphatic carbocycles. The average Bonchev–Trinajstić information content (AvgIpc) is 3.34. The van der Waals surface area contributed by atoms with Gasteiger partial charge in [0.05, 0.1) is 12.6 Å². The van der Waals surface area contributed by atoms with Crippen molar-refractivity contribution in [1.29, 1.82) is 0 Å². The van der Waals surface area contributed by atoms with Crippen molar-refractivity contribution in [3.63, 3.8) is 0 Å². The molecule has 1 heterocycles. The van der Waals surface area contributed by atoms with Crippen molar-refractivity contribution in [3.05, 3.63) is 54.1 Å². The van der Waals surface area contributed by atoms with E-state index < -0.39 is 0 Å². The normalized spacial score (nSPS) is 15.2. The van der Waals surface area contributed by atoms with Crippen LogP contribution in [0.5, 0.6) is 5.75 Å². The molecule has 2 amide bonds. The van der Waals surface area contributed by atoms with Crippen molar-refractivity contribution >= 4 is 23.2 Å².